The van der Waals surface area contributed by atoms with E-state index >= 15 is 4.39 Å². The van der Waals surface area contributed by atoms with Crippen LogP contribution in [0.1, 0.15) is 12.1 Å². The molecule has 0 spiro atoms. The van der Waals surface area contributed by atoms with E-state index in [1.54, 1.807) is 7.05 Å². The maximum Gasteiger partial charge on any atom is 0.220 e. The van der Waals surface area contributed by atoms with Crippen molar-refractivity contribution in [3.8, 4) is 17.2 Å². The lowest BCUT2D eigenvalue weighted by atomic mass is 10.2. The lowest BCUT2D eigenvalue weighted by Crippen LogP contribution is -2.22. The number of hydrogen-bond donors (Lipinski definition) is 2. The molecule has 10 nitrogen and oxygen atoms in total. The standard InChI is InChI=1S/C23H25FN4O6S2/c1-25-18(29)10-15-12-27-23(35-15)16-8-13-9-17(20(24)22(21(13)28-16)33-7-6-32-2)34-14-4-5-19(26-11-14)36(3,30)31/h4-5,8-9,11,15,28H,6-7,10,12H2,1-3H3,(H,25,29). The molecule has 0 radical (unpaired) electrons. The molecule has 0 aliphatic carbocycles. The van der Waals surface area contributed by atoms with Crippen LogP contribution in [0.5, 0.6) is 17.2 Å². The molecule has 1 atom stereocenters. The number of aliphatic imine (C=N–C) groups is 1. The summed E-state index contributed by atoms with van der Waals surface area (Å²) in [7, 11) is -0.371. The quantitative estimate of drug-likeness (QED) is 0.378. The second-order valence-electron chi connectivity index (χ2n) is 7.98. The Morgan fingerprint density at radius 2 is 2.11 bits per heavy atom. The Labute approximate surface area is 211 Å². The van der Waals surface area contributed by atoms with Gasteiger partial charge in [0, 0.05) is 37.5 Å². The number of carbonyl (C=O) groups excluding carboxylic acids is 1. The summed E-state index contributed by atoms with van der Waals surface area (Å²) in [5.41, 5.74) is 1.09. The van der Waals surface area contributed by atoms with Crippen molar-refractivity contribution in [1.29, 1.82) is 0 Å². The highest BCUT2D eigenvalue weighted by atomic mass is 32.2. The number of hydrogen-bond acceptors (Lipinski definition) is 9. The van der Waals surface area contributed by atoms with Gasteiger partial charge in [-0.25, -0.2) is 13.4 Å². The Kier molecular flexibility index (Phi) is 7.81. The number of halogens is 1. The average molecular weight is 537 g/mol. The fraction of sp³-hybridized carbons (Fsp3) is 0.348. The summed E-state index contributed by atoms with van der Waals surface area (Å²) < 4.78 is 55.2. The predicted molar refractivity (Wildman–Crippen MR) is 135 cm³/mol. The molecule has 36 heavy (non-hydrogen) atoms. The third kappa shape index (κ3) is 5.79. The average Bonchev–Trinajstić information content (AvgIpc) is 3.48. The number of aromatic nitrogens is 2. The van der Waals surface area contributed by atoms with E-state index in [1.807, 2.05) is 6.07 Å². The molecular weight excluding hydrogens is 511 g/mol. The summed E-state index contributed by atoms with van der Waals surface area (Å²) in [5.74, 6) is -0.799. The van der Waals surface area contributed by atoms with E-state index in [0.29, 0.717) is 34.6 Å². The van der Waals surface area contributed by atoms with Gasteiger partial charge in [-0.3, -0.25) is 9.79 Å². The van der Waals surface area contributed by atoms with Gasteiger partial charge in [0.05, 0.1) is 30.6 Å². The Morgan fingerprint density at radius 1 is 1.31 bits per heavy atom. The van der Waals surface area contributed by atoms with Crippen LogP contribution in [-0.2, 0) is 19.4 Å². The first-order valence-electron chi connectivity index (χ1n) is 10.9. The number of nitrogens with zero attached hydrogens (tertiary/aromatic N) is 2. The van der Waals surface area contributed by atoms with E-state index in [9.17, 15) is 13.2 Å². The minimum atomic E-state index is -3.48. The Morgan fingerprint density at radius 3 is 2.78 bits per heavy atom. The van der Waals surface area contributed by atoms with Crippen molar-refractivity contribution in [2.24, 2.45) is 4.99 Å². The van der Waals surface area contributed by atoms with Gasteiger partial charge in [0.1, 0.15) is 17.4 Å². The normalized spacial score (nSPS) is 15.7. The molecular formula is C23H25FN4O6S2. The van der Waals surface area contributed by atoms with Crippen LogP contribution in [0.4, 0.5) is 4.39 Å². The maximum absolute atomic E-state index is 15.5. The van der Waals surface area contributed by atoms with Gasteiger partial charge >= 0.3 is 0 Å². The molecule has 3 heterocycles. The Hall–Kier alpha value is -3.16. The lowest BCUT2D eigenvalue weighted by Gasteiger charge is -2.12. The molecule has 1 aliphatic rings. The number of amides is 1. The number of aromatic amines is 1. The van der Waals surface area contributed by atoms with E-state index in [0.717, 1.165) is 6.26 Å². The summed E-state index contributed by atoms with van der Waals surface area (Å²) in [5, 5.41) is 3.85. The van der Waals surface area contributed by atoms with Crippen LogP contribution in [0.15, 0.2) is 40.5 Å². The molecule has 192 valence electrons. The van der Waals surface area contributed by atoms with Gasteiger partial charge in [-0.2, -0.15) is 4.39 Å². The number of nitrogens with one attached hydrogen (secondary N) is 2. The molecule has 1 aliphatic heterocycles. The minimum absolute atomic E-state index is 0.0156. The number of benzene rings is 1. The van der Waals surface area contributed by atoms with Crippen LogP contribution in [0.25, 0.3) is 10.9 Å². The van der Waals surface area contributed by atoms with Crippen molar-refractivity contribution in [2.75, 3.05) is 40.2 Å². The van der Waals surface area contributed by atoms with Gasteiger partial charge in [0.25, 0.3) is 0 Å². The molecule has 0 fully saturated rings. The van der Waals surface area contributed by atoms with Crippen LogP contribution in [0, 0.1) is 5.82 Å². The lowest BCUT2D eigenvalue weighted by molar-refractivity contribution is -0.120. The fourth-order valence-electron chi connectivity index (χ4n) is 3.50. The molecule has 4 rings (SSSR count). The molecule has 1 amide bonds. The fourth-order valence-corrected chi connectivity index (χ4v) is 5.15. The predicted octanol–water partition coefficient (Wildman–Crippen LogP) is 2.92. The van der Waals surface area contributed by atoms with Crippen LogP contribution in [-0.4, -0.2) is 74.8 Å². The number of H-pyrrole nitrogens is 1. The Bertz CT molecular complexity index is 1410. The number of sulfone groups is 1. The van der Waals surface area contributed by atoms with E-state index < -0.39 is 15.7 Å². The topological polar surface area (TPSA) is 132 Å². The third-order valence-electron chi connectivity index (χ3n) is 5.27. The first kappa shape index (κ1) is 25.9. The van der Waals surface area contributed by atoms with E-state index in [2.05, 4.69) is 20.3 Å². The van der Waals surface area contributed by atoms with Crippen molar-refractivity contribution in [3.05, 3.63) is 42.0 Å². The highest BCUT2D eigenvalue weighted by Crippen LogP contribution is 2.39. The number of ether oxygens (including phenoxy) is 3. The molecule has 1 aromatic carbocycles. The molecule has 2 aromatic heterocycles. The van der Waals surface area contributed by atoms with E-state index in [4.69, 9.17) is 14.2 Å². The van der Waals surface area contributed by atoms with Crippen LogP contribution in [0.2, 0.25) is 0 Å². The number of pyridine rings is 1. The third-order valence-corrected chi connectivity index (χ3v) is 7.49. The zero-order valence-electron chi connectivity index (χ0n) is 19.8. The summed E-state index contributed by atoms with van der Waals surface area (Å²) in [4.78, 5) is 23.3. The zero-order chi connectivity index (χ0) is 25.9. The smallest absolute Gasteiger partial charge is 0.220 e. The molecule has 1 unspecified atom stereocenters. The largest absolute Gasteiger partial charge is 0.486 e. The summed E-state index contributed by atoms with van der Waals surface area (Å²) in [6, 6.07) is 6.01. The highest BCUT2D eigenvalue weighted by Gasteiger charge is 2.26. The Balaban J connectivity index is 1.65. The van der Waals surface area contributed by atoms with Crippen molar-refractivity contribution in [3.63, 3.8) is 0 Å². The molecule has 0 saturated carbocycles. The maximum atomic E-state index is 15.5. The molecule has 3 aromatic rings. The second-order valence-corrected chi connectivity index (χ2v) is 11.2. The minimum Gasteiger partial charge on any atom is -0.486 e. The van der Waals surface area contributed by atoms with Crippen LogP contribution < -0.4 is 14.8 Å². The number of carbonyl (C=O) groups is 1. The van der Waals surface area contributed by atoms with Crippen LogP contribution >= 0.6 is 11.8 Å². The van der Waals surface area contributed by atoms with Crippen molar-refractivity contribution in [2.45, 2.75) is 16.7 Å². The zero-order valence-corrected chi connectivity index (χ0v) is 21.5. The van der Waals surface area contributed by atoms with Gasteiger partial charge in [-0.1, -0.05) is 11.8 Å². The van der Waals surface area contributed by atoms with Crippen molar-refractivity contribution in [1.82, 2.24) is 15.3 Å². The number of rotatable bonds is 10. The number of fused-ring (bicyclic) bond motifs is 1. The first-order chi connectivity index (χ1) is 17.2. The first-order valence-corrected chi connectivity index (χ1v) is 13.7. The van der Waals surface area contributed by atoms with E-state index in [1.165, 1.54) is 43.3 Å². The summed E-state index contributed by atoms with van der Waals surface area (Å²) >= 11 is 1.48. The van der Waals surface area contributed by atoms with Crippen molar-refractivity contribution >= 4 is 43.5 Å². The van der Waals surface area contributed by atoms with Crippen molar-refractivity contribution < 1.29 is 31.8 Å². The van der Waals surface area contributed by atoms with Gasteiger partial charge < -0.3 is 24.5 Å². The molecule has 2 N–H and O–H groups in total. The van der Waals surface area contributed by atoms with Crippen LogP contribution in [0.3, 0.4) is 0 Å². The summed E-state index contributed by atoms with van der Waals surface area (Å²) in [6.07, 6.45) is 2.60. The molecule has 0 saturated heterocycles. The number of methoxy groups -OCH3 is 1. The monoisotopic (exact) mass is 536 g/mol. The summed E-state index contributed by atoms with van der Waals surface area (Å²) in [6.45, 7) is 0.855. The van der Waals surface area contributed by atoms with Gasteiger partial charge in [-0.15, -0.1) is 0 Å². The van der Waals surface area contributed by atoms with Gasteiger partial charge in [-0.05, 0) is 24.3 Å². The van der Waals surface area contributed by atoms with E-state index in [-0.39, 0.29) is 46.6 Å². The number of thioether (sulfide) groups is 1. The molecule has 13 heteroatoms. The second kappa shape index (κ2) is 10.8. The molecule has 0 bridgehead atoms. The SMILES string of the molecule is CNC(=O)CC1CN=C(c2cc3cc(Oc4ccc(S(C)(=O)=O)nc4)c(F)c(OCCOC)c3[nH]2)S1. The van der Waals surface area contributed by atoms with Gasteiger partial charge in [0.15, 0.2) is 26.4 Å². The van der Waals surface area contributed by atoms with Gasteiger partial charge in [0.2, 0.25) is 11.7 Å². The highest BCUT2D eigenvalue weighted by molar-refractivity contribution is 8.15.